The van der Waals surface area contributed by atoms with Gasteiger partial charge in [-0.25, -0.2) is 0 Å². The Balaban J connectivity index is 2.97. The summed E-state index contributed by atoms with van der Waals surface area (Å²) in [6, 6.07) is 4.04. The van der Waals surface area contributed by atoms with Crippen LogP contribution in [0.25, 0.3) is 0 Å². The molecule has 1 aromatic carbocycles. The van der Waals surface area contributed by atoms with E-state index in [1.165, 1.54) is 18.2 Å². The first-order chi connectivity index (χ1) is 7.85. The van der Waals surface area contributed by atoms with E-state index in [1.54, 1.807) is 13.8 Å². The molecule has 6 heteroatoms. The number of nitrogens with zero attached hydrogens (tertiary/aromatic N) is 1. The lowest BCUT2D eigenvalue weighted by molar-refractivity contribution is -0.384. The van der Waals surface area contributed by atoms with Crippen molar-refractivity contribution in [1.29, 1.82) is 0 Å². The molecule has 0 aliphatic heterocycles. The maximum atomic E-state index is 10.6. The van der Waals surface area contributed by atoms with Gasteiger partial charge in [0.15, 0.2) is 0 Å². The minimum atomic E-state index is -0.627. The lowest BCUT2D eigenvalue weighted by atomic mass is 10.1. The summed E-state index contributed by atoms with van der Waals surface area (Å²) in [7, 11) is 0. The monoisotopic (exact) mass is 240 g/mol. The molecule has 0 saturated carbocycles. The standard InChI is InChI=1S/C11H16N2O4/c1-11(2,5-6-14)17-10-7-8(13(15)16)3-4-9(10)12/h3-4,7,14H,5-6,12H2,1-2H3. The molecule has 0 spiro atoms. The Hall–Kier alpha value is -1.82. The van der Waals surface area contributed by atoms with Crippen molar-refractivity contribution in [2.45, 2.75) is 25.9 Å². The predicted octanol–water partition coefficient (Wildman–Crippen LogP) is 1.72. The predicted molar refractivity (Wildman–Crippen MR) is 63.9 cm³/mol. The van der Waals surface area contributed by atoms with Crippen molar-refractivity contribution in [1.82, 2.24) is 0 Å². The highest BCUT2D eigenvalue weighted by molar-refractivity contribution is 5.57. The van der Waals surface area contributed by atoms with Crippen LogP contribution in [0.15, 0.2) is 18.2 Å². The van der Waals surface area contributed by atoms with Crippen molar-refractivity contribution in [3.05, 3.63) is 28.3 Å². The van der Waals surface area contributed by atoms with Crippen LogP contribution >= 0.6 is 0 Å². The third-order valence-corrected chi connectivity index (χ3v) is 2.31. The first-order valence-corrected chi connectivity index (χ1v) is 5.19. The number of benzene rings is 1. The molecule has 0 saturated heterocycles. The Morgan fingerprint density at radius 3 is 2.71 bits per heavy atom. The first-order valence-electron chi connectivity index (χ1n) is 5.19. The van der Waals surface area contributed by atoms with E-state index in [4.69, 9.17) is 15.6 Å². The molecular weight excluding hydrogens is 224 g/mol. The van der Waals surface area contributed by atoms with Gasteiger partial charge in [-0.2, -0.15) is 0 Å². The van der Waals surface area contributed by atoms with Crippen LogP contribution < -0.4 is 10.5 Å². The van der Waals surface area contributed by atoms with Crippen LogP contribution in [0.1, 0.15) is 20.3 Å². The summed E-state index contributed by atoms with van der Waals surface area (Å²) in [5, 5.41) is 19.5. The molecule has 0 amide bonds. The second kappa shape index (κ2) is 5.01. The average Bonchev–Trinajstić information content (AvgIpc) is 2.20. The molecule has 0 aliphatic carbocycles. The zero-order chi connectivity index (χ0) is 13.1. The number of nitrogens with two attached hydrogens (primary N) is 1. The van der Waals surface area contributed by atoms with Crippen molar-refractivity contribution in [2.75, 3.05) is 12.3 Å². The molecule has 1 aromatic rings. The largest absolute Gasteiger partial charge is 0.485 e. The van der Waals surface area contributed by atoms with Gasteiger partial charge in [-0.05, 0) is 19.9 Å². The van der Waals surface area contributed by atoms with E-state index in [1.807, 2.05) is 0 Å². The second-order valence-electron chi connectivity index (χ2n) is 4.31. The summed E-state index contributed by atoms with van der Waals surface area (Å²) < 4.78 is 5.57. The normalized spacial score (nSPS) is 11.2. The van der Waals surface area contributed by atoms with Crippen LogP contribution in [0.2, 0.25) is 0 Å². The summed E-state index contributed by atoms with van der Waals surface area (Å²) >= 11 is 0. The Morgan fingerprint density at radius 1 is 1.53 bits per heavy atom. The van der Waals surface area contributed by atoms with Crippen LogP contribution in [0.3, 0.4) is 0 Å². The van der Waals surface area contributed by atoms with E-state index in [9.17, 15) is 10.1 Å². The highest BCUT2D eigenvalue weighted by Gasteiger charge is 2.21. The number of anilines is 1. The SMILES string of the molecule is CC(C)(CCO)Oc1cc([N+](=O)[O-])ccc1N. The summed E-state index contributed by atoms with van der Waals surface area (Å²) in [5.74, 6) is 0.262. The van der Waals surface area contributed by atoms with E-state index >= 15 is 0 Å². The molecule has 0 atom stereocenters. The van der Waals surface area contributed by atoms with Gasteiger partial charge in [-0.3, -0.25) is 10.1 Å². The molecule has 0 radical (unpaired) electrons. The number of aliphatic hydroxyl groups is 1. The molecule has 1 rings (SSSR count). The summed E-state index contributed by atoms with van der Waals surface area (Å²) in [6.07, 6.45) is 0.412. The van der Waals surface area contributed by atoms with E-state index in [0.717, 1.165) is 0 Å². The number of nitro groups is 1. The van der Waals surface area contributed by atoms with Gasteiger partial charge in [0.05, 0.1) is 16.7 Å². The van der Waals surface area contributed by atoms with Crippen molar-refractivity contribution < 1.29 is 14.8 Å². The Bertz CT molecular complexity index is 418. The van der Waals surface area contributed by atoms with Gasteiger partial charge in [0.2, 0.25) is 0 Å². The van der Waals surface area contributed by atoms with Crippen LogP contribution in [0.5, 0.6) is 5.75 Å². The molecule has 17 heavy (non-hydrogen) atoms. The van der Waals surface area contributed by atoms with Crippen LogP contribution in [-0.4, -0.2) is 22.2 Å². The van der Waals surface area contributed by atoms with Gasteiger partial charge in [0.25, 0.3) is 5.69 Å². The quantitative estimate of drug-likeness (QED) is 0.463. The van der Waals surface area contributed by atoms with Crippen molar-refractivity contribution in [2.24, 2.45) is 0 Å². The van der Waals surface area contributed by atoms with Crippen LogP contribution in [0.4, 0.5) is 11.4 Å². The zero-order valence-electron chi connectivity index (χ0n) is 9.84. The number of hydrogen-bond acceptors (Lipinski definition) is 5. The summed E-state index contributed by atoms with van der Waals surface area (Å²) in [4.78, 5) is 10.1. The minimum absolute atomic E-state index is 0.0260. The Kier molecular flexibility index (Phi) is 3.90. The highest BCUT2D eigenvalue weighted by atomic mass is 16.6. The third-order valence-electron chi connectivity index (χ3n) is 2.31. The van der Waals surface area contributed by atoms with E-state index in [-0.39, 0.29) is 18.0 Å². The van der Waals surface area contributed by atoms with Gasteiger partial charge in [-0.1, -0.05) is 0 Å². The smallest absolute Gasteiger partial charge is 0.273 e. The molecule has 0 unspecified atom stereocenters. The van der Waals surface area contributed by atoms with E-state index < -0.39 is 10.5 Å². The van der Waals surface area contributed by atoms with Crippen molar-refractivity contribution in [3.63, 3.8) is 0 Å². The number of ether oxygens (including phenoxy) is 1. The van der Waals surface area contributed by atoms with Crippen molar-refractivity contribution >= 4 is 11.4 Å². The Morgan fingerprint density at radius 2 is 2.18 bits per heavy atom. The average molecular weight is 240 g/mol. The molecule has 0 fully saturated rings. The van der Waals surface area contributed by atoms with E-state index in [2.05, 4.69) is 0 Å². The number of non-ortho nitro benzene ring substituents is 1. The molecule has 0 aliphatic rings. The molecule has 0 bridgehead atoms. The topological polar surface area (TPSA) is 98.6 Å². The maximum absolute atomic E-state index is 10.6. The van der Waals surface area contributed by atoms with Gasteiger partial charge in [-0.15, -0.1) is 0 Å². The fourth-order valence-electron chi connectivity index (χ4n) is 1.34. The number of aliphatic hydroxyl groups excluding tert-OH is 1. The van der Waals surface area contributed by atoms with Crippen molar-refractivity contribution in [3.8, 4) is 5.75 Å². The second-order valence-corrected chi connectivity index (χ2v) is 4.31. The van der Waals surface area contributed by atoms with Gasteiger partial charge >= 0.3 is 0 Å². The number of hydrogen-bond donors (Lipinski definition) is 2. The molecular formula is C11H16N2O4. The van der Waals surface area contributed by atoms with Gasteiger partial charge < -0.3 is 15.6 Å². The molecule has 6 nitrogen and oxygen atoms in total. The Labute approximate surface area is 99.2 Å². The summed E-state index contributed by atoms with van der Waals surface area (Å²) in [6.45, 7) is 3.53. The molecule has 94 valence electrons. The lowest BCUT2D eigenvalue weighted by Gasteiger charge is -2.26. The first kappa shape index (κ1) is 13.2. The van der Waals surface area contributed by atoms with E-state index in [0.29, 0.717) is 12.1 Å². The molecule has 3 N–H and O–H groups in total. The lowest BCUT2D eigenvalue weighted by Crippen LogP contribution is -2.29. The fraction of sp³-hybridized carbons (Fsp3) is 0.455. The fourth-order valence-corrected chi connectivity index (χ4v) is 1.34. The number of rotatable bonds is 5. The van der Waals surface area contributed by atoms with Crippen LogP contribution in [0, 0.1) is 10.1 Å². The van der Waals surface area contributed by atoms with Gasteiger partial charge in [0.1, 0.15) is 11.4 Å². The van der Waals surface area contributed by atoms with Gasteiger partial charge in [0, 0.05) is 19.1 Å². The maximum Gasteiger partial charge on any atom is 0.273 e. The van der Waals surface area contributed by atoms with Crippen LogP contribution in [-0.2, 0) is 0 Å². The summed E-state index contributed by atoms with van der Waals surface area (Å²) in [5.41, 5.74) is 5.32. The zero-order valence-corrected chi connectivity index (χ0v) is 9.84. The molecule has 0 heterocycles. The molecule has 0 aromatic heterocycles. The minimum Gasteiger partial charge on any atom is -0.485 e. The number of nitro benzene ring substituents is 1. The number of nitrogen functional groups attached to an aromatic ring is 1. The highest BCUT2D eigenvalue weighted by Crippen LogP contribution is 2.30. The third kappa shape index (κ3) is 3.60.